The van der Waals surface area contributed by atoms with Gasteiger partial charge in [0, 0.05) is 25.5 Å². The molecule has 10 aliphatic heterocycles. The van der Waals surface area contributed by atoms with Crippen LogP contribution in [0.1, 0.15) is 58.6 Å². The fourth-order valence-corrected chi connectivity index (χ4v) is 18.8. The van der Waals surface area contributed by atoms with Gasteiger partial charge in [-0.2, -0.15) is 0 Å². The van der Waals surface area contributed by atoms with Crippen molar-refractivity contribution in [2.45, 2.75) is 102 Å². The standard InChI is InChI=1S/C37H40N6O7S4/c1-8-32-26(45)42-24-34(18-14-10-12-16-20(18)38-24,22(44)36(42,53-51-32)28(47)40(32)6)35-19-15-11-13-17-21(19)39-25(35)43-27(46)33(9-2)41(7)29(48)37(43,54-52-33)23(35)50-30(49)31(3,4)5/h10-17,22-25,38-39,44H,8-9H2,1-7H3/t22-,23-,24+,25+,32-,33-,34+,35+,36-,37-/m0/s1. The van der Waals surface area contributed by atoms with E-state index in [1.807, 2.05) is 62.4 Å². The summed E-state index contributed by atoms with van der Waals surface area (Å²) in [7, 11) is 8.22. The maximum Gasteiger partial charge on any atom is 0.311 e. The van der Waals surface area contributed by atoms with Gasteiger partial charge in [-0.3, -0.25) is 33.8 Å². The molecule has 2 aromatic rings. The van der Waals surface area contributed by atoms with E-state index >= 15 is 19.2 Å². The smallest absolute Gasteiger partial charge is 0.311 e. The van der Waals surface area contributed by atoms with Crippen LogP contribution in [0.25, 0.3) is 0 Å². The number of hydrogen-bond acceptors (Lipinski definition) is 13. The van der Waals surface area contributed by atoms with Crippen LogP contribution in [0.2, 0.25) is 0 Å². The molecule has 2 spiro atoms. The zero-order valence-electron chi connectivity index (χ0n) is 30.7. The number of fused-ring (bicyclic) bond motifs is 11. The first kappa shape index (κ1) is 35.2. The predicted molar refractivity (Wildman–Crippen MR) is 208 cm³/mol. The van der Waals surface area contributed by atoms with Crippen molar-refractivity contribution in [1.82, 2.24) is 19.6 Å². The van der Waals surface area contributed by atoms with Crippen molar-refractivity contribution in [1.29, 1.82) is 0 Å². The molecule has 8 saturated heterocycles. The highest BCUT2D eigenvalue weighted by atomic mass is 33.1. The van der Waals surface area contributed by atoms with Crippen LogP contribution in [0.15, 0.2) is 48.5 Å². The molecule has 0 unspecified atom stereocenters. The van der Waals surface area contributed by atoms with E-state index in [0.29, 0.717) is 35.3 Å². The number of carbonyl (C=O) groups is 5. The highest BCUT2D eigenvalue weighted by Crippen LogP contribution is 2.79. The molecule has 0 aromatic heterocycles. The first-order valence-corrected chi connectivity index (χ1v) is 22.5. The van der Waals surface area contributed by atoms with E-state index in [2.05, 4.69) is 10.6 Å². The van der Waals surface area contributed by atoms with E-state index in [1.54, 1.807) is 44.7 Å². The summed E-state index contributed by atoms with van der Waals surface area (Å²) in [5.74, 6) is -2.06. The molecule has 0 aliphatic carbocycles. The van der Waals surface area contributed by atoms with E-state index in [0.717, 1.165) is 0 Å². The van der Waals surface area contributed by atoms with Crippen molar-refractivity contribution < 1.29 is 33.8 Å². The number of amides is 4. The lowest BCUT2D eigenvalue weighted by molar-refractivity contribution is -0.177. The maximum atomic E-state index is 15.4. The third-order valence-corrected chi connectivity index (χ3v) is 21.1. The predicted octanol–water partition coefficient (Wildman–Crippen LogP) is 3.71. The van der Waals surface area contributed by atoms with Gasteiger partial charge >= 0.3 is 5.97 Å². The number of rotatable bonds is 4. The summed E-state index contributed by atoms with van der Waals surface area (Å²) in [5.41, 5.74) is -1.95. The summed E-state index contributed by atoms with van der Waals surface area (Å²) in [4.78, 5) is 75.5. The Morgan fingerprint density at radius 1 is 0.722 bits per heavy atom. The number of piperazine rings is 2. The Morgan fingerprint density at radius 3 is 1.69 bits per heavy atom. The molecule has 8 fully saturated rings. The van der Waals surface area contributed by atoms with E-state index in [1.165, 1.54) is 53.0 Å². The Morgan fingerprint density at radius 2 is 1.17 bits per heavy atom. The number of nitrogens with zero attached hydrogens (tertiary/aromatic N) is 4. The first-order chi connectivity index (χ1) is 25.6. The molecule has 3 N–H and O–H groups in total. The molecule has 0 saturated carbocycles. The van der Waals surface area contributed by atoms with E-state index in [9.17, 15) is 9.90 Å². The quantitative estimate of drug-likeness (QED) is 0.305. The first-order valence-electron chi connectivity index (χ1n) is 18.2. The molecule has 17 heteroatoms. The number of anilines is 2. The van der Waals surface area contributed by atoms with Gasteiger partial charge in [-0.25, -0.2) is 0 Å². The number of likely N-dealkylation sites (N-methyl/N-ethyl adjacent to an activating group) is 2. The molecular formula is C37H40N6O7S4. The Bertz CT molecular complexity index is 2160. The minimum Gasteiger partial charge on any atom is -0.457 e. The van der Waals surface area contributed by atoms with Gasteiger partial charge in [0.25, 0.3) is 23.6 Å². The second kappa shape index (κ2) is 10.4. The second-order valence-electron chi connectivity index (χ2n) is 16.4. The number of benzene rings is 2. The van der Waals surface area contributed by atoms with Gasteiger partial charge < -0.3 is 30.3 Å². The number of para-hydroxylation sites is 2. The van der Waals surface area contributed by atoms with Crippen molar-refractivity contribution in [3.63, 3.8) is 0 Å². The molecular weight excluding hydrogens is 769 g/mol. The van der Waals surface area contributed by atoms with Gasteiger partial charge in [-0.05, 0) is 78.5 Å². The van der Waals surface area contributed by atoms with Crippen molar-refractivity contribution in [3.8, 4) is 0 Å². The minimum absolute atomic E-state index is 0.317. The summed E-state index contributed by atoms with van der Waals surface area (Å²) in [5, 5.41) is 21.0. The highest BCUT2D eigenvalue weighted by Gasteiger charge is 2.94. The van der Waals surface area contributed by atoms with Gasteiger partial charge in [0.15, 0.2) is 15.8 Å². The largest absolute Gasteiger partial charge is 0.457 e. The highest BCUT2D eigenvalue weighted by molar-refractivity contribution is 8.78. The third kappa shape index (κ3) is 3.22. The maximum absolute atomic E-state index is 15.4. The van der Waals surface area contributed by atoms with Gasteiger partial charge in [-0.1, -0.05) is 71.8 Å². The SMILES string of the molecule is CC[C@@]12SS[C@]3(C(=O)N1C)[C@@H](O)[C@]1([C@@]45c6ccccc6N[C@@H]4N4C(=O)[C@]6(CC)SS[C@]4(C(=O)N6C)[C@H]5OC(=O)C(C)(C)C)c4ccccc4N[C@@H]1N3C2=O. The van der Waals surface area contributed by atoms with Crippen LogP contribution in [0.5, 0.6) is 0 Å². The lowest BCUT2D eigenvalue weighted by atomic mass is 9.52. The third-order valence-electron chi connectivity index (χ3n) is 13.5. The molecule has 4 amide bonds. The fraction of sp³-hybridized carbons (Fsp3) is 0.541. The Labute approximate surface area is 328 Å². The molecule has 54 heavy (non-hydrogen) atoms. The number of carbonyl (C=O) groups excluding carboxylic acids is 5. The van der Waals surface area contributed by atoms with Crippen molar-refractivity contribution in [2.24, 2.45) is 5.41 Å². The zero-order valence-corrected chi connectivity index (χ0v) is 33.9. The summed E-state index contributed by atoms with van der Waals surface area (Å²) in [6.45, 7) is 8.94. The lowest BCUT2D eigenvalue weighted by Crippen LogP contribution is -2.78. The average molecular weight is 809 g/mol. The van der Waals surface area contributed by atoms with Crippen LogP contribution in [-0.4, -0.2) is 112 Å². The Hall–Kier alpha value is -3.25. The Balaban J connectivity index is 1.37. The number of aliphatic hydroxyl groups excluding tert-OH is 1. The van der Waals surface area contributed by atoms with Gasteiger partial charge in [0.2, 0.25) is 9.74 Å². The zero-order chi connectivity index (χ0) is 38.3. The van der Waals surface area contributed by atoms with Gasteiger partial charge in [0.1, 0.15) is 18.4 Å². The van der Waals surface area contributed by atoms with E-state index < -0.39 is 78.1 Å². The van der Waals surface area contributed by atoms with Crippen LogP contribution in [0.3, 0.4) is 0 Å². The molecule has 2 aromatic carbocycles. The van der Waals surface area contributed by atoms with Gasteiger partial charge in [-0.15, -0.1) is 0 Å². The number of hydrogen-bond donors (Lipinski definition) is 3. The monoisotopic (exact) mass is 808 g/mol. The van der Waals surface area contributed by atoms with Crippen LogP contribution in [-0.2, 0) is 39.5 Å². The summed E-state index contributed by atoms with van der Waals surface area (Å²) in [6.07, 6.45) is -4.57. The molecule has 284 valence electrons. The summed E-state index contributed by atoms with van der Waals surface area (Å²) in [6, 6.07) is 14.9. The normalized spacial score (nSPS) is 42.0. The fourth-order valence-electron chi connectivity index (χ4n) is 11.0. The number of ether oxygens (including phenoxy) is 1. The average Bonchev–Trinajstić information content (AvgIpc) is 3.81. The molecule has 10 aliphatic rings. The number of aliphatic hydroxyl groups is 1. The van der Waals surface area contributed by atoms with E-state index in [-0.39, 0.29) is 11.8 Å². The summed E-state index contributed by atoms with van der Waals surface area (Å²) >= 11 is 0. The molecule has 4 bridgehead atoms. The molecule has 0 radical (unpaired) electrons. The van der Waals surface area contributed by atoms with Crippen LogP contribution in [0, 0.1) is 5.41 Å². The number of nitrogens with one attached hydrogen (secondary N) is 2. The Kier molecular flexibility index (Phi) is 6.76. The van der Waals surface area contributed by atoms with Crippen LogP contribution < -0.4 is 10.6 Å². The van der Waals surface area contributed by atoms with Gasteiger partial charge in [0.05, 0.1) is 16.2 Å². The minimum atomic E-state index is -1.82. The molecule has 10 heterocycles. The number of esters is 1. The van der Waals surface area contributed by atoms with E-state index in [4.69, 9.17) is 4.74 Å². The molecule has 12 rings (SSSR count). The van der Waals surface area contributed by atoms with Crippen molar-refractivity contribution in [3.05, 3.63) is 59.7 Å². The molecule has 10 atom stereocenters. The molecule has 13 nitrogen and oxygen atoms in total. The summed E-state index contributed by atoms with van der Waals surface area (Å²) < 4.78 is 6.89. The lowest BCUT2D eigenvalue weighted by Gasteiger charge is -2.59. The topological polar surface area (TPSA) is 152 Å². The van der Waals surface area contributed by atoms with Crippen molar-refractivity contribution >= 4 is 84.1 Å². The van der Waals surface area contributed by atoms with Crippen molar-refractivity contribution in [2.75, 3.05) is 24.7 Å². The van der Waals surface area contributed by atoms with Crippen LogP contribution >= 0.6 is 43.2 Å². The van der Waals surface area contributed by atoms with Crippen LogP contribution in [0.4, 0.5) is 11.4 Å². The second-order valence-corrected chi connectivity index (χ2v) is 21.7.